The zero-order valence-corrected chi connectivity index (χ0v) is 10.7. The monoisotopic (exact) mass is 268 g/mol. The van der Waals surface area contributed by atoms with Crippen LogP contribution in [0, 0.1) is 6.42 Å². The van der Waals surface area contributed by atoms with Gasteiger partial charge in [0, 0.05) is 24.7 Å². The van der Waals surface area contributed by atoms with E-state index in [1.165, 1.54) is 0 Å². The fourth-order valence-corrected chi connectivity index (χ4v) is 1.72. The molecule has 0 bridgehead atoms. The van der Waals surface area contributed by atoms with Gasteiger partial charge in [0.1, 0.15) is 0 Å². The normalized spacial score (nSPS) is 10.0. The zero-order chi connectivity index (χ0) is 14.4. The number of nitrogens with two attached hydrogens (primary N) is 1. The maximum atomic E-state index is 11.8. The van der Waals surface area contributed by atoms with Gasteiger partial charge in [0.25, 0.3) is 11.8 Å². The third-order valence-corrected chi connectivity index (χ3v) is 2.70. The van der Waals surface area contributed by atoms with E-state index in [1.54, 1.807) is 49.0 Å². The van der Waals surface area contributed by atoms with Crippen LogP contribution in [-0.4, -0.2) is 23.3 Å². The molecule has 2 rings (SSSR count). The Kier molecular flexibility index (Phi) is 4.44. The number of rotatable bonds is 5. The van der Waals surface area contributed by atoms with Gasteiger partial charge < -0.3 is 11.1 Å². The number of carbonyl (C=O) groups is 2. The van der Waals surface area contributed by atoms with Gasteiger partial charge in [-0.05, 0) is 24.3 Å². The van der Waals surface area contributed by atoms with Crippen molar-refractivity contribution in [3.63, 3.8) is 0 Å². The number of nitrogens with zero attached hydrogens (tertiary/aromatic N) is 1. The van der Waals surface area contributed by atoms with E-state index >= 15 is 0 Å². The number of aromatic nitrogens is 1. The molecule has 1 aromatic carbocycles. The second kappa shape index (κ2) is 6.47. The predicted molar refractivity (Wildman–Crippen MR) is 74.9 cm³/mol. The maximum absolute atomic E-state index is 11.8. The van der Waals surface area contributed by atoms with Crippen molar-refractivity contribution in [2.45, 2.75) is 0 Å². The highest BCUT2D eigenvalue weighted by atomic mass is 16.2. The van der Waals surface area contributed by atoms with E-state index in [2.05, 4.69) is 10.3 Å². The molecular weight excluding hydrogens is 254 g/mol. The molecule has 0 spiro atoms. The second-order valence-corrected chi connectivity index (χ2v) is 4.08. The molecule has 0 fully saturated rings. The van der Waals surface area contributed by atoms with Crippen LogP contribution < -0.4 is 11.1 Å². The molecule has 1 aromatic heterocycles. The first-order chi connectivity index (χ1) is 9.68. The van der Waals surface area contributed by atoms with E-state index in [1.807, 2.05) is 6.07 Å². The van der Waals surface area contributed by atoms with Gasteiger partial charge in [-0.1, -0.05) is 18.2 Å². The Bertz CT molecular complexity index is 612. The number of primary amides is 1. The Morgan fingerprint density at radius 3 is 2.60 bits per heavy atom. The standard InChI is InChI=1S/C15H14N3O2/c16-14(19)12-7-4-9-17-13(12)8-10-18-15(20)11-5-2-1-3-6-11/h1-9H,10H2,(H2,16,19)(H,18,20). The average molecular weight is 268 g/mol. The van der Waals surface area contributed by atoms with E-state index in [0.717, 1.165) is 0 Å². The van der Waals surface area contributed by atoms with Crippen LogP contribution in [0.1, 0.15) is 26.4 Å². The Morgan fingerprint density at radius 2 is 1.90 bits per heavy atom. The molecule has 3 N–H and O–H groups in total. The molecular formula is C15H14N3O2. The molecule has 2 aromatic rings. The van der Waals surface area contributed by atoms with Crippen molar-refractivity contribution in [1.29, 1.82) is 0 Å². The minimum absolute atomic E-state index is 0.182. The van der Waals surface area contributed by atoms with Gasteiger partial charge in [-0.15, -0.1) is 0 Å². The lowest BCUT2D eigenvalue weighted by atomic mass is 10.1. The van der Waals surface area contributed by atoms with E-state index in [9.17, 15) is 9.59 Å². The highest BCUT2D eigenvalue weighted by Crippen LogP contribution is 2.06. The third-order valence-electron chi connectivity index (χ3n) is 2.70. The van der Waals surface area contributed by atoms with Crippen molar-refractivity contribution < 1.29 is 9.59 Å². The van der Waals surface area contributed by atoms with Crippen LogP contribution in [0.25, 0.3) is 0 Å². The minimum atomic E-state index is -0.543. The number of pyridine rings is 1. The van der Waals surface area contributed by atoms with Gasteiger partial charge in [-0.25, -0.2) is 0 Å². The van der Waals surface area contributed by atoms with E-state index in [4.69, 9.17) is 5.73 Å². The zero-order valence-electron chi connectivity index (χ0n) is 10.7. The van der Waals surface area contributed by atoms with Crippen LogP contribution in [0.15, 0.2) is 48.7 Å². The molecule has 0 aliphatic carbocycles. The molecule has 5 heteroatoms. The van der Waals surface area contributed by atoms with Crippen molar-refractivity contribution in [2.75, 3.05) is 6.54 Å². The quantitative estimate of drug-likeness (QED) is 0.853. The molecule has 1 heterocycles. The van der Waals surface area contributed by atoms with Gasteiger partial charge >= 0.3 is 0 Å². The van der Waals surface area contributed by atoms with Gasteiger partial charge in [0.05, 0.1) is 11.3 Å². The van der Waals surface area contributed by atoms with Gasteiger partial charge in [0.2, 0.25) is 0 Å². The molecule has 20 heavy (non-hydrogen) atoms. The number of benzene rings is 1. The summed E-state index contributed by atoms with van der Waals surface area (Å²) < 4.78 is 0. The summed E-state index contributed by atoms with van der Waals surface area (Å²) in [6.45, 7) is 0.269. The third kappa shape index (κ3) is 3.41. The average Bonchev–Trinajstić information content (AvgIpc) is 2.48. The lowest BCUT2D eigenvalue weighted by molar-refractivity contribution is 0.0956. The fraction of sp³-hybridized carbons (Fsp3) is 0.0667. The van der Waals surface area contributed by atoms with E-state index in [-0.39, 0.29) is 12.5 Å². The Hall–Kier alpha value is -2.69. The van der Waals surface area contributed by atoms with Crippen LogP contribution in [0.2, 0.25) is 0 Å². The van der Waals surface area contributed by atoms with Crippen LogP contribution in [-0.2, 0) is 0 Å². The molecule has 101 valence electrons. The molecule has 0 aliphatic heterocycles. The van der Waals surface area contributed by atoms with Crippen molar-refractivity contribution >= 4 is 11.8 Å². The van der Waals surface area contributed by atoms with Crippen molar-refractivity contribution in [1.82, 2.24) is 10.3 Å². The SMILES string of the molecule is NC(=O)c1cccnc1[CH]CNC(=O)c1ccccc1. The van der Waals surface area contributed by atoms with Gasteiger partial charge in [-0.2, -0.15) is 0 Å². The minimum Gasteiger partial charge on any atom is -0.366 e. The van der Waals surface area contributed by atoms with Crippen LogP contribution in [0.4, 0.5) is 0 Å². The molecule has 0 saturated heterocycles. The fourth-order valence-electron chi connectivity index (χ4n) is 1.72. The molecule has 0 aliphatic rings. The Labute approximate surface area is 116 Å². The second-order valence-electron chi connectivity index (χ2n) is 4.08. The summed E-state index contributed by atoms with van der Waals surface area (Å²) >= 11 is 0. The van der Waals surface area contributed by atoms with Crippen molar-refractivity contribution in [2.24, 2.45) is 5.73 Å². The summed E-state index contributed by atoms with van der Waals surface area (Å²) in [6, 6.07) is 12.1. The van der Waals surface area contributed by atoms with Crippen molar-refractivity contribution in [3.05, 3.63) is 71.9 Å². The smallest absolute Gasteiger partial charge is 0.251 e. The summed E-state index contributed by atoms with van der Waals surface area (Å²) in [7, 11) is 0. The largest absolute Gasteiger partial charge is 0.366 e. The number of amides is 2. The highest BCUT2D eigenvalue weighted by molar-refractivity contribution is 5.95. The molecule has 1 radical (unpaired) electrons. The maximum Gasteiger partial charge on any atom is 0.251 e. The molecule has 2 amide bonds. The summed E-state index contributed by atoms with van der Waals surface area (Å²) in [5.74, 6) is -0.725. The number of hydrogen-bond donors (Lipinski definition) is 2. The Morgan fingerprint density at radius 1 is 1.15 bits per heavy atom. The molecule has 5 nitrogen and oxygen atoms in total. The first-order valence-corrected chi connectivity index (χ1v) is 6.10. The van der Waals surface area contributed by atoms with Crippen LogP contribution >= 0.6 is 0 Å². The lowest BCUT2D eigenvalue weighted by Gasteiger charge is -2.06. The topological polar surface area (TPSA) is 85.1 Å². The van der Waals surface area contributed by atoms with E-state index < -0.39 is 5.91 Å². The summed E-state index contributed by atoms with van der Waals surface area (Å²) in [4.78, 5) is 27.1. The molecule has 0 atom stereocenters. The number of hydrogen-bond acceptors (Lipinski definition) is 3. The first-order valence-electron chi connectivity index (χ1n) is 6.10. The van der Waals surface area contributed by atoms with Crippen LogP contribution in [0.5, 0.6) is 0 Å². The van der Waals surface area contributed by atoms with Gasteiger partial charge in [-0.3, -0.25) is 14.6 Å². The molecule has 0 saturated carbocycles. The van der Waals surface area contributed by atoms with Crippen LogP contribution in [0.3, 0.4) is 0 Å². The lowest BCUT2D eigenvalue weighted by Crippen LogP contribution is -2.25. The summed E-state index contributed by atoms with van der Waals surface area (Å²) in [5, 5.41) is 2.73. The number of carbonyl (C=O) groups excluding carboxylic acids is 2. The van der Waals surface area contributed by atoms with E-state index in [0.29, 0.717) is 16.8 Å². The highest BCUT2D eigenvalue weighted by Gasteiger charge is 2.09. The molecule has 0 unspecified atom stereocenters. The summed E-state index contributed by atoms with van der Waals surface area (Å²) in [6.07, 6.45) is 3.22. The first kappa shape index (κ1) is 13.7. The predicted octanol–water partition coefficient (Wildman–Crippen LogP) is 1.16. The summed E-state index contributed by atoms with van der Waals surface area (Å²) in [5.41, 5.74) is 6.63. The van der Waals surface area contributed by atoms with Gasteiger partial charge in [0.15, 0.2) is 0 Å². The number of nitrogens with one attached hydrogen (secondary N) is 1. The van der Waals surface area contributed by atoms with Crippen molar-refractivity contribution in [3.8, 4) is 0 Å². The Balaban J connectivity index is 1.94.